The predicted octanol–water partition coefficient (Wildman–Crippen LogP) is 2.12. The molecule has 2 rings (SSSR count). The largest absolute Gasteiger partial charge is 0.391 e. The molecule has 24 heavy (non-hydrogen) atoms. The third kappa shape index (κ3) is 4.81. The van der Waals surface area contributed by atoms with E-state index in [9.17, 15) is 14.7 Å². The van der Waals surface area contributed by atoms with Crippen LogP contribution in [-0.2, 0) is 9.59 Å². The van der Waals surface area contributed by atoms with Crippen LogP contribution in [-0.4, -0.2) is 41.0 Å². The van der Waals surface area contributed by atoms with Crippen molar-refractivity contribution in [3.8, 4) is 0 Å². The van der Waals surface area contributed by atoms with Gasteiger partial charge in [-0.3, -0.25) is 9.59 Å². The van der Waals surface area contributed by atoms with E-state index in [1.807, 2.05) is 51.1 Å². The van der Waals surface area contributed by atoms with Gasteiger partial charge >= 0.3 is 0 Å². The monoisotopic (exact) mass is 332 g/mol. The minimum atomic E-state index is -0.537. The molecule has 5 nitrogen and oxygen atoms in total. The number of carbonyl (C=O) groups excluding carboxylic acids is 2. The minimum Gasteiger partial charge on any atom is -0.391 e. The van der Waals surface area contributed by atoms with Gasteiger partial charge in [-0.2, -0.15) is 0 Å². The first-order valence-electron chi connectivity index (χ1n) is 8.68. The summed E-state index contributed by atoms with van der Waals surface area (Å²) >= 11 is 0. The smallest absolute Gasteiger partial charge is 0.225 e. The molecule has 0 radical (unpaired) electrons. The lowest BCUT2D eigenvalue weighted by molar-refractivity contribution is -0.130. The maximum Gasteiger partial charge on any atom is 0.225 e. The first-order chi connectivity index (χ1) is 11.4. The number of hydrogen-bond donors (Lipinski definition) is 2. The summed E-state index contributed by atoms with van der Waals surface area (Å²) in [5, 5.41) is 12.6. The normalized spacial score (nSPS) is 20.3. The molecule has 1 aromatic rings. The summed E-state index contributed by atoms with van der Waals surface area (Å²) in [6.45, 7) is 6.73. The van der Waals surface area contributed by atoms with E-state index in [0.717, 1.165) is 5.56 Å². The molecular formula is C19H28N2O3. The molecular weight excluding hydrogens is 304 g/mol. The fourth-order valence-corrected chi connectivity index (χ4v) is 3.18. The van der Waals surface area contributed by atoms with E-state index in [2.05, 4.69) is 5.32 Å². The van der Waals surface area contributed by atoms with Gasteiger partial charge in [-0.1, -0.05) is 44.2 Å². The summed E-state index contributed by atoms with van der Waals surface area (Å²) in [5.41, 5.74) is 1.07. The number of aliphatic hydroxyl groups is 1. The van der Waals surface area contributed by atoms with Crippen molar-refractivity contribution >= 4 is 11.8 Å². The molecule has 1 aromatic carbocycles. The minimum absolute atomic E-state index is 0.00855. The van der Waals surface area contributed by atoms with Gasteiger partial charge in [0.1, 0.15) is 0 Å². The third-order valence-corrected chi connectivity index (χ3v) is 4.53. The zero-order chi connectivity index (χ0) is 17.7. The van der Waals surface area contributed by atoms with Crippen molar-refractivity contribution in [2.45, 2.75) is 45.8 Å². The van der Waals surface area contributed by atoms with Crippen LogP contribution < -0.4 is 5.32 Å². The van der Waals surface area contributed by atoms with E-state index < -0.39 is 6.10 Å². The van der Waals surface area contributed by atoms with Gasteiger partial charge in [0.25, 0.3) is 0 Å². The van der Waals surface area contributed by atoms with E-state index in [1.165, 1.54) is 0 Å². The second-order valence-electron chi connectivity index (χ2n) is 7.06. The molecule has 2 amide bonds. The highest BCUT2D eigenvalue weighted by Gasteiger charge is 2.36. The predicted molar refractivity (Wildman–Crippen MR) is 93.1 cm³/mol. The second kappa shape index (κ2) is 8.29. The standard InChI is InChI=1S/C19H28N2O3/c1-13(2)9-17(22)11-20-19(24)16-10-18(23)21(12-16)14(3)15-7-5-4-6-8-15/h4-8,13-14,16-17,22H,9-12H2,1-3H3,(H,20,24). The van der Waals surface area contributed by atoms with Crippen molar-refractivity contribution in [1.82, 2.24) is 10.2 Å². The van der Waals surface area contributed by atoms with Crippen molar-refractivity contribution in [3.63, 3.8) is 0 Å². The molecule has 1 aliphatic rings. The van der Waals surface area contributed by atoms with E-state index in [0.29, 0.717) is 18.9 Å². The van der Waals surface area contributed by atoms with Crippen LogP contribution in [0, 0.1) is 11.8 Å². The van der Waals surface area contributed by atoms with Crippen LogP contribution in [0.1, 0.15) is 45.2 Å². The van der Waals surface area contributed by atoms with Crippen LogP contribution >= 0.6 is 0 Å². The molecule has 0 spiro atoms. The Morgan fingerprint density at radius 1 is 1.29 bits per heavy atom. The number of carbonyl (C=O) groups is 2. The van der Waals surface area contributed by atoms with E-state index >= 15 is 0 Å². The molecule has 0 bridgehead atoms. The molecule has 1 heterocycles. The zero-order valence-corrected chi connectivity index (χ0v) is 14.7. The van der Waals surface area contributed by atoms with Crippen LogP contribution in [0.15, 0.2) is 30.3 Å². The lowest BCUT2D eigenvalue weighted by Gasteiger charge is -2.25. The second-order valence-corrected chi connectivity index (χ2v) is 7.06. The van der Waals surface area contributed by atoms with Crippen LogP contribution in [0.5, 0.6) is 0 Å². The quantitative estimate of drug-likeness (QED) is 0.803. The molecule has 5 heteroatoms. The number of amides is 2. The van der Waals surface area contributed by atoms with Gasteiger partial charge in [0, 0.05) is 19.5 Å². The van der Waals surface area contributed by atoms with Crippen LogP contribution in [0.4, 0.5) is 0 Å². The number of nitrogens with zero attached hydrogens (tertiary/aromatic N) is 1. The summed E-state index contributed by atoms with van der Waals surface area (Å²) in [6.07, 6.45) is 0.357. The van der Waals surface area contributed by atoms with Gasteiger partial charge in [0.05, 0.1) is 18.1 Å². The number of nitrogens with one attached hydrogen (secondary N) is 1. The van der Waals surface area contributed by atoms with Crippen molar-refractivity contribution in [1.29, 1.82) is 0 Å². The molecule has 0 saturated carbocycles. The van der Waals surface area contributed by atoms with Gasteiger partial charge in [-0.05, 0) is 24.8 Å². The maximum atomic E-state index is 12.3. The molecule has 1 fully saturated rings. The number of likely N-dealkylation sites (tertiary alicyclic amines) is 1. The Bertz CT molecular complexity index is 559. The summed E-state index contributed by atoms with van der Waals surface area (Å²) in [4.78, 5) is 26.3. The van der Waals surface area contributed by atoms with Crippen LogP contribution in [0.25, 0.3) is 0 Å². The molecule has 0 aromatic heterocycles. The van der Waals surface area contributed by atoms with Crippen LogP contribution in [0.2, 0.25) is 0 Å². The summed E-state index contributed by atoms with van der Waals surface area (Å²) in [7, 11) is 0. The van der Waals surface area contributed by atoms with E-state index in [-0.39, 0.29) is 36.7 Å². The molecule has 1 aliphatic heterocycles. The molecule has 132 valence electrons. The highest BCUT2D eigenvalue weighted by molar-refractivity contribution is 5.89. The average molecular weight is 332 g/mol. The molecule has 0 aliphatic carbocycles. The van der Waals surface area contributed by atoms with Crippen LogP contribution in [0.3, 0.4) is 0 Å². The average Bonchev–Trinajstić information content (AvgIpc) is 2.94. The van der Waals surface area contributed by atoms with Gasteiger partial charge < -0.3 is 15.3 Å². The molecule has 3 unspecified atom stereocenters. The number of aliphatic hydroxyl groups excluding tert-OH is 1. The Hall–Kier alpha value is -1.88. The summed E-state index contributed by atoms with van der Waals surface area (Å²) in [6, 6.07) is 9.80. The fraction of sp³-hybridized carbons (Fsp3) is 0.579. The molecule has 3 atom stereocenters. The highest BCUT2D eigenvalue weighted by atomic mass is 16.3. The van der Waals surface area contributed by atoms with Gasteiger partial charge in [-0.25, -0.2) is 0 Å². The SMILES string of the molecule is CC(C)CC(O)CNC(=O)C1CC(=O)N(C(C)c2ccccc2)C1. The number of benzene rings is 1. The first-order valence-corrected chi connectivity index (χ1v) is 8.68. The lowest BCUT2D eigenvalue weighted by Crippen LogP contribution is -2.38. The van der Waals surface area contributed by atoms with Crippen molar-refractivity contribution in [2.75, 3.05) is 13.1 Å². The van der Waals surface area contributed by atoms with Crippen molar-refractivity contribution in [3.05, 3.63) is 35.9 Å². The zero-order valence-electron chi connectivity index (χ0n) is 14.7. The van der Waals surface area contributed by atoms with Crippen molar-refractivity contribution in [2.24, 2.45) is 11.8 Å². The fourth-order valence-electron chi connectivity index (χ4n) is 3.18. The lowest BCUT2D eigenvalue weighted by atomic mass is 10.0. The number of rotatable bonds is 7. The summed E-state index contributed by atoms with van der Waals surface area (Å²) in [5.74, 6) is -0.0924. The third-order valence-electron chi connectivity index (χ3n) is 4.53. The molecule has 1 saturated heterocycles. The van der Waals surface area contributed by atoms with Crippen molar-refractivity contribution < 1.29 is 14.7 Å². The van der Waals surface area contributed by atoms with Gasteiger partial charge in [0.2, 0.25) is 11.8 Å². The Morgan fingerprint density at radius 2 is 1.96 bits per heavy atom. The molecule has 2 N–H and O–H groups in total. The first kappa shape index (κ1) is 18.5. The van der Waals surface area contributed by atoms with Gasteiger partial charge in [-0.15, -0.1) is 0 Å². The van der Waals surface area contributed by atoms with E-state index in [1.54, 1.807) is 4.90 Å². The maximum absolute atomic E-state index is 12.3. The summed E-state index contributed by atoms with van der Waals surface area (Å²) < 4.78 is 0. The van der Waals surface area contributed by atoms with E-state index in [4.69, 9.17) is 0 Å². The highest BCUT2D eigenvalue weighted by Crippen LogP contribution is 2.28. The Morgan fingerprint density at radius 3 is 2.58 bits per heavy atom. The topological polar surface area (TPSA) is 69.6 Å². The Kier molecular flexibility index (Phi) is 6.37. The number of hydrogen-bond acceptors (Lipinski definition) is 3. The van der Waals surface area contributed by atoms with Gasteiger partial charge in [0.15, 0.2) is 0 Å². The Labute approximate surface area is 144 Å². The Balaban J connectivity index is 1.88.